The highest BCUT2D eigenvalue weighted by atomic mass is 35.5. The Kier molecular flexibility index (Phi) is 10.2. The smallest absolute Gasteiger partial charge is 0.319 e. The molecule has 1 aliphatic heterocycles. The minimum Gasteiger partial charge on any atom is -0.352 e. The number of unbranched alkanes of at least 4 members (excludes halogenated alkanes) is 1. The molecule has 0 spiro atoms. The Morgan fingerprint density at radius 1 is 1.32 bits per heavy atom. The van der Waals surface area contributed by atoms with Gasteiger partial charge < -0.3 is 20.9 Å². The summed E-state index contributed by atoms with van der Waals surface area (Å²) in [6.07, 6.45) is 4.60. The Balaban J connectivity index is 0.00000441. The SMILES string of the molecule is CCCCC(CN)NC(=O)C1CCN(C(=O)N(C)C)CC1.Cl. The van der Waals surface area contributed by atoms with E-state index in [1.54, 1.807) is 23.9 Å². The normalized spacial score (nSPS) is 16.6. The van der Waals surface area contributed by atoms with Crippen LogP contribution in [0.1, 0.15) is 39.0 Å². The molecule has 0 aromatic carbocycles. The average Bonchev–Trinajstić information content (AvgIpc) is 2.50. The van der Waals surface area contributed by atoms with E-state index in [1.807, 2.05) is 0 Å². The van der Waals surface area contributed by atoms with Crippen molar-refractivity contribution in [1.82, 2.24) is 15.1 Å². The first-order valence-corrected chi connectivity index (χ1v) is 7.96. The van der Waals surface area contributed by atoms with Crippen LogP contribution in [-0.2, 0) is 4.79 Å². The van der Waals surface area contributed by atoms with Gasteiger partial charge in [0.25, 0.3) is 0 Å². The molecule has 1 atom stereocenters. The summed E-state index contributed by atoms with van der Waals surface area (Å²) >= 11 is 0. The number of halogens is 1. The molecule has 0 aromatic rings. The second-order valence-electron chi connectivity index (χ2n) is 6.02. The zero-order valence-corrected chi connectivity index (χ0v) is 14.8. The third kappa shape index (κ3) is 6.40. The van der Waals surface area contributed by atoms with Gasteiger partial charge in [0.2, 0.25) is 5.91 Å². The zero-order valence-electron chi connectivity index (χ0n) is 14.0. The number of rotatable bonds is 6. The summed E-state index contributed by atoms with van der Waals surface area (Å²) in [5, 5.41) is 3.06. The molecule has 6 nitrogen and oxygen atoms in total. The third-order valence-corrected chi connectivity index (χ3v) is 4.06. The lowest BCUT2D eigenvalue weighted by Crippen LogP contribution is -2.48. The highest BCUT2D eigenvalue weighted by Crippen LogP contribution is 2.18. The fourth-order valence-corrected chi connectivity index (χ4v) is 2.63. The van der Waals surface area contributed by atoms with E-state index in [4.69, 9.17) is 5.73 Å². The number of carbonyl (C=O) groups excluding carboxylic acids is 2. The van der Waals surface area contributed by atoms with E-state index in [-0.39, 0.29) is 36.3 Å². The van der Waals surface area contributed by atoms with E-state index in [9.17, 15) is 9.59 Å². The summed E-state index contributed by atoms with van der Waals surface area (Å²) in [5.41, 5.74) is 5.71. The maximum Gasteiger partial charge on any atom is 0.319 e. The molecule has 130 valence electrons. The van der Waals surface area contributed by atoms with E-state index in [2.05, 4.69) is 12.2 Å². The highest BCUT2D eigenvalue weighted by molar-refractivity contribution is 5.85. The van der Waals surface area contributed by atoms with Gasteiger partial charge in [0.15, 0.2) is 0 Å². The first-order valence-electron chi connectivity index (χ1n) is 7.96. The number of nitrogens with one attached hydrogen (secondary N) is 1. The van der Waals surface area contributed by atoms with Crippen molar-refractivity contribution in [2.75, 3.05) is 33.7 Å². The Morgan fingerprint density at radius 3 is 2.36 bits per heavy atom. The third-order valence-electron chi connectivity index (χ3n) is 4.06. The van der Waals surface area contributed by atoms with E-state index in [1.165, 1.54) is 0 Å². The van der Waals surface area contributed by atoms with Crippen LogP contribution in [0.25, 0.3) is 0 Å². The Bertz CT molecular complexity index is 344. The maximum absolute atomic E-state index is 12.3. The fourth-order valence-electron chi connectivity index (χ4n) is 2.63. The molecule has 0 radical (unpaired) electrons. The molecule has 0 aromatic heterocycles. The van der Waals surface area contributed by atoms with Crippen molar-refractivity contribution in [3.8, 4) is 0 Å². The van der Waals surface area contributed by atoms with Crippen LogP contribution in [0.2, 0.25) is 0 Å². The molecular weight excluding hydrogens is 304 g/mol. The van der Waals surface area contributed by atoms with Gasteiger partial charge in [-0.3, -0.25) is 4.79 Å². The lowest BCUT2D eigenvalue weighted by Gasteiger charge is -2.33. The van der Waals surface area contributed by atoms with Crippen LogP contribution in [0, 0.1) is 5.92 Å². The van der Waals surface area contributed by atoms with Crippen LogP contribution in [0.4, 0.5) is 4.79 Å². The van der Waals surface area contributed by atoms with Crippen LogP contribution < -0.4 is 11.1 Å². The lowest BCUT2D eigenvalue weighted by molar-refractivity contribution is -0.127. The summed E-state index contributed by atoms with van der Waals surface area (Å²) in [6.45, 7) is 3.92. The summed E-state index contributed by atoms with van der Waals surface area (Å²) in [5.74, 6) is 0.102. The average molecular weight is 335 g/mol. The number of amides is 3. The molecule has 3 amide bonds. The molecule has 22 heavy (non-hydrogen) atoms. The van der Waals surface area contributed by atoms with Gasteiger partial charge >= 0.3 is 6.03 Å². The zero-order chi connectivity index (χ0) is 15.8. The van der Waals surface area contributed by atoms with E-state index in [0.29, 0.717) is 19.6 Å². The Morgan fingerprint density at radius 2 is 1.91 bits per heavy atom. The monoisotopic (exact) mass is 334 g/mol. The maximum atomic E-state index is 12.3. The standard InChI is InChI=1S/C15H30N4O2.ClH/c1-4-5-6-13(11-16)17-14(20)12-7-9-19(10-8-12)15(21)18(2)3;/h12-13H,4-11,16H2,1-3H3,(H,17,20);1H. The second kappa shape index (κ2) is 10.7. The molecule has 3 N–H and O–H groups in total. The van der Waals surface area contributed by atoms with Gasteiger partial charge in [0.05, 0.1) is 0 Å². The molecule has 1 aliphatic rings. The van der Waals surface area contributed by atoms with Crippen molar-refractivity contribution in [3.05, 3.63) is 0 Å². The summed E-state index contributed by atoms with van der Waals surface area (Å²) in [6, 6.07) is 0.107. The van der Waals surface area contributed by atoms with Gasteiger partial charge in [0, 0.05) is 45.7 Å². The molecule has 1 saturated heterocycles. The van der Waals surface area contributed by atoms with Crippen molar-refractivity contribution >= 4 is 24.3 Å². The number of carbonyl (C=O) groups is 2. The van der Waals surface area contributed by atoms with Crippen LogP contribution in [-0.4, -0.2) is 61.5 Å². The van der Waals surface area contributed by atoms with Crippen LogP contribution >= 0.6 is 12.4 Å². The topological polar surface area (TPSA) is 78.7 Å². The van der Waals surface area contributed by atoms with Crippen LogP contribution in [0.5, 0.6) is 0 Å². The van der Waals surface area contributed by atoms with Gasteiger partial charge in [-0.2, -0.15) is 0 Å². The molecule has 0 saturated carbocycles. The molecule has 1 fully saturated rings. The number of likely N-dealkylation sites (tertiary alicyclic amines) is 1. The largest absolute Gasteiger partial charge is 0.352 e. The van der Waals surface area contributed by atoms with Crippen LogP contribution in [0.3, 0.4) is 0 Å². The molecule has 1 rings (SSSR count). The van der Waals surface area contributed by atoms with Gasteiger partial charge in [-0.15, -0.1) is 12.4 Å². The number of hydrogen-bond acceptors (Lipinski definition) is 3. The number of nitrogens with zero attached hydrogens (tertiary/aromatic N) is 2. The van der Waals surface area contributed by atoms with Gasteiger partial charge in [-0.25, -0.2) is 4.79 Å². The summed E-state index contributed by atoms with van der Waals surface area (Å²) in [4.78, 5) is 27.5. The van der Waals surface area contributed by atoms with Gasteiger partial charge in [0.1, 0.15) is 0 Å². The highest BCUT2D eigenvalue weighted by Gasteiger charge is 2.28. The first-order chi connectivity index (χ1) is 9.99. The first kappa shape index (κ1) is 21.0. The minimum absolute atomic E-state index is 0. The van der Waals surface area contributed by atoms with E-state index < -0.39 is 0 Å². The summed E-state index contributed by atoms with van der Waals surface area (Å²) < 4.78 is 0. The molecule has 0 aliphatic carbocycles. The molecular formula is C15H31ClN4O2. The predicted octanol–water partition coefficient (Wildman–Crippen LogP) is 1.44. The van der Waals surface area contributed by atoms with E-state index >= 15 is 0 Å². The van der Waals surface area contributed by atoms with Crippen molar-refractivity contribution in [2.45, 2.75) is 45.1 Å². The lowest BCUT2D eigenvalue weighted by atomic mass is 9.95. The second-order valence-corrected chi connectivity index (χ2v) is 6.02. The number of piperidine rings is 1. The predicted molar refractivity (Wildman–Crippen MR) is 91.1 cm³/mol. The fraction of sp³-hybridized carbons (Fsp3) is 0.867. The summed E-state index contributed by atoms with van der Waals surface area (Å²) in [7, 11) is 3.50. The van der Waals surface area contributed by atoms with Crippen LogP contribution in [0.15, 0.2) is 0 Å². The molecule has 0 bridgehead atoms. The minimum atomic E-state index is 0. The number of nitrogens with two attached hydrogens (primary N) is 1. The molecule has 1 unspecified atom stereocenters. The Labute approximate surface area is 140 Å². The van der Waals surface area contributed by atoms with Crippen molar-refractivity contribution in [2.24, 2.45) is 11.7 Å². The quantitative estimate of drug-likeness (QED) is 0.771. The number of urea groups is 1. The van der Waals surface area contributed by atoms with Gasteiger partial charge in [-0.05, 0) is 19.3 Å². The Hall–Kier alpha value is -1.01. The molecule has 7 heteroatoms. The molecule has 1 heterocycles. The van der Waals surface area contributed by atoms with Crippen molar-refractivity contribution in [1.29, 1.82) is 0 Å². The van der Waals surface area contributed by atoms with Crippen molar-refractivity contribution < 1.29 is 9.59 Å². The van der Waals surface area contributed by atoms with E-state index in [0.717, 1.165) is 32.1 Å². The van der Waals surface area contributed by atoms with Gasteiger partial charge in [-0.1, -0.05) is 19.8 Å². The number of hydrogen-bond donors (Lipinski definition) is 2. The van der Waals surface area contributed by atoms with Crippen molar-refractivity contribution in [3.63, 3.8) is 0 Å².